The number of unbranched alkanes of at least 4 members (excludes halogenated alkanes) is 28. The fraction of sp³-hybridized carbons (Fsp3) is 0.776. The van der Waals surface area contributed by atoms with E-state index in [2.05, 4.69) is 81.5 Å². The van der Waals surface area contributed by atoms with Crippen LogP contribution in [0, 0.1) is 0 Å². The third-order valence-electron chi connectivity index (χ3n) is 11.7. The monoisotopic (exact) mass is 895 g/mol. The van der Waals surface area contributed by atoms with Crippen LogP contribution in [0.2, 0.25) is 0 Å². The maximum absolute atomic E-state index is 12.8. The summed E-state index contributed by atoms with van der Waals surface area (Å²) < 4.78 is 16.8. The Balaban J connectivity index is 4.38. The highest BCUT2D eigenvalue weighted by molar-refractivity contribution is 5.71. The summed E-state index contributed by atoms with van der Waals surface area (Å²) in [6.45, 7) is 6.54. The van der Waals surface area contributed by atoms with Crippen molar-refractivity contribution >= 4 is 17.9 Å². The summed E-state index contributed by atoms with van der Waals surface area (Å²) in [7, 11) is 0. The molecule has 0 aromatic carbocycles. The maximum Gasteiger partial charge on any atom is 0.306 e. The molecule has 0 bridgehead atoms. The number of hydrogen-bond donors (Lipinski definition) is 0. The highest BCUT2D eigenvalue weighted by Crippen LogP contribution is 2.15. The van der Waals surface area contributed by atoms with Crippen LogP contribution in [0.4, 0.5) is 0 Å². The zero-order valence-electron chi connectivity index (χ0n) is 42.3. The Morgan fingerprint density at radius 2 is 0.594 bits per heavy atom. The van der Waals surface area contributed by atoms with Gasteiger partial charge in [-0.25, -0.2) is 0 Å². The fourth-order valence-corrected chi connectivity index (χ4v) is 7.60. The molecule has 0 radical (unpaired) electrons. The lowest BCUT2D eigenvalue weighted by Crippen LogP contribution is -2.30. The molecule has 0 aliphatic heterocycles. The summed E-state index contributed by atoms with van der Waals surface area (Å²) in [5, 5.41) is 0. The van der Waals surface area contributed by atoms with Gasteiger partial charge in [-0.3, -0.25) is 14.4 Å². The van der Waals surface area contributed by atoms with Crippen LogP contribution in [0.5, 0.6) is 0 Å². The fourth-order valence-electron chi connectivity index (χ4n) is 7.60. The molecule has 0 rings (SSSR count). The van der Waals surface area contributed by atoms with Crippen LogP contribution >= 0.6 is 0 Å². The van der Waals surface area contributed by atoms with E-state index in [1.54, 1.807) is 0 Å². The number of allylic oxidation sites excluding steroid dienone is 10. The van der Waals surface area contributed by atoms with Gasteiger partial charge in [0.1, 0.15) is 13.2 Å². The maximum atomic E-state index is 12.8. The van der Waals surface area contributed by atoms with E-state index in [4.69, 9.17) is 14.2 Å². The lowest BCUT2D eigenvalue weighted by molar-refractivity contribution is -0.167. The summed E-state index contributed by atoms with van der Waals surface area (Å²) in [5.41, 5.74) is 0. The first kappa shape index (κ1) is 61.1. The molecule has 0 aromatic heterocycles. The molecule has 0 saturated heterocycles. The average molecular weight is 895 g/mol. The lowest BCUT2D eigenvalue weighted by atomic mass is 10.0. The second-order valence-electron chi connectivity index (χ2n) is 18.1. The zero-order valence-corrected chi connectivity index (χ0v) is 42.3. The quantitative estimate of drug-likeness (QED) is 0.0262. The largest absolute Gasteiger partial charge is 0.462 e. The first-order valence-electron chi connectivity index (χ1n) is 27.3. The van der Waals surface area contributed by atoms with Crippen molar-refractivity contribution in [2.24, 2.45) is 0 Å². The van der Waals surface area contributed by atoms with Gasteiger partial charge in [0.15, 0.2) is 6.10 Å². The summed E-state index contributed by atoms with van der Waals surface area (Å²) in [6, 6.07) is 0. The molecule has 370 valence electrons. The SMILES string of the molecule is CCC/C=C\C/C=C\CCCCCCCC(=O)OCC(COC(=O)CCCCCCCC/C=C\C/C=C\C/C=C\CCCCC)OC(=O)CCCCCCCCCCCCCCCC. The second-order valence-corrected chi connectivity index (χ2v) is 18.1. The van der Waals surface area contributed by atoms with Crippen molar-refractivity contribution in [1.29, 1.82) is 0 Å². The van der Waals surface area contributed by atoms with Gasteiger partial charge >= 0.3 is 17.9 Å². The zero-order chi connectivity index (χ0) is 46.5. The van der Waals surface area contributed by atoms with Crippen LogP contribution in [-0.2, 0) is 28.6 Å². The van der Waals surface area contributed by atoms with Gasteiger partial charge in [-0.15, -0.1) is 0 Å². The van der Waals surface area contributed by atoms with E-state index in [9.17, 15) is 14.4 Å². The molecule has 0 fully saturated rings. The van der Waals surface area contributed by atoms with E-state index in [0.717, 1.165) is 103 Å². The highest BCUT2D eigenvalue weighted by Gasteiger charge is 2.19. The predicted molar refractivity (Wildman–Crippen MR) is 275 cm³/mol. The molecule has 6 nitrogen and oxygen atoms in total. The van der Waals surface area contributed by atoms with Crippen LogP contribution in [0.25, 0.3) is 0 Å². The van der Waals surface area contributed by atoms with Crippen LogP contribution < -0.4 is 0 Å². The minimum atomic E-state index is -0.783. The van der Waals surface area contributed by atoms with Crippen LogP contribution in [0.1, 0.15) is 271 Å². The first-order valence-corrected chi connectivity index (χ1v) is 27.3. The number of carbonyl (C=O) groups excluding carboxylic acids is 3. The van der Waals surface area contributed by atoms with E-state index < -0.39 is 6.10 Å². The van der Waals surface area contributed by atoms with Crippen molar-refractivity contribution < 1.29 is 28.6 Å². The third-order valence-corrected chi connectivity index (χ3v) is 11.7. The van der Waals surface area contributed by atoms with Crippen molar-refractivity contribution in [3.05, 3.63) is 60.8 Å². The van der Waals surface area contributed by atoms with E-state index in [1.165, 1.54) is 128 Å². The minimum absolute atomic E-state index is 0.0838. The predicted octanol–water partition coefficient (Wildman–Crippen LogP) is 18.0. The van der Waals surface area contributed by atoms with E-state index in [0.29, 0.717) is 19.3 Å². The summed E-state index contributed by atoms with van der Waals surface area (Å²) in [4.78, 5) is 38.0. The Kier molecular flexibility index (Phi) is 50.4. The van der Waals surface area contributed by atoms with Gasteiger partial charge < -0.3 is 14.2 Å². The number of rotatable bonds is 49. The van der Waals surface area contributed by atoms with E-state index in [-0.39, 0.29) is 31.1 Å². The normalized spacial score (nSPS) is 12.5. The smallest absolute Gasteiger partial charge is 0.306 e. The van der Waals surface area contributed by atoms with Crippen LogP contribution in [-0.4, -0.2) is 37.2 Å². The molecular formula is C58H102O6. The Hall–Kier alpha value is -2.89. The average Bonchev–Trinajstić information content (AvgIpc) is 3.29. The molecular weight excluding hydrogens is 793 g/mol. The molecule has 0 heterocycles. The number of ether oxygens (including phenoxy) is 3. The van der Waals surface area contributed by atoms with Gasteiger partial charge in [0.05, 0.1) is 0 Å². The number of carbonyl (C=O) groups is 3. The molecule has 6 heteroatoms. The standard InChI is InChI=1S/C58H102O6/c1-4-7-10-13-16-19-22-25-27-28-29-30-31-34-36-39-42-45-48-51-57(60)63-54-55(53-62-56(59)50-47-44-41-38-35-32-24-21-18-15-12-9-6-3)64-58(61)52-49-46-43-40-37-33-26-23-20-17-14-11-8-5-2/h12,15-16,19,21,24-25,27,29-30,55H,4-11,13-14,17-18,20,22-23,26,28,31-54H2,1-3H3/b15-12-,19-16-,24-21-,27-25-,30-29-. The molecule has 1 atom stereocenters. The van der Waals surface area contributed by atoms with Crippen molar-refractivity contribution in [2.45, 2.75) is 277 Å². The second kappa shape index (κ2) is 52.7. The van der Waals surface area contributed by atoms with Crippen molar-refractivity contribution in [3.8, 4) is 0 Å². The van der Waals surface area contributed by atoms with Crippen molar-refractivity contribution in [2.75, 3.05) is 13.2 Å². The molecule has 0 N–H and O–H groups in total. The molecule has 0 saturated carbocycles. The number of esters is 3. The van der Waals surface area contributed by atoms with Crippen LogP contribution in [0.3, 0.4) is 0 Å². The van der Waals surface area contributed by atoms with Gasteiger partial charge in [0.25, 0.3) is 0 Å². The molecule has 0 aromatic rings. The topological polar surface area (TPSA) is 78.9 Å². The van der Waals surface area contributed by atoms with E-state index >= 15 is 0 Å². The minimum Gasteiger partial charge on any atom is -0.462 e. The molecule has 0 spiro atoms. The highest BCUT2D eigenvalue weighted by atomic mass is 16.6. The van der Waals surface area contributed by atoms with Crippen molar-refractivity contribution in [1.82, 2.24) is 0 Å². The Morgan fingerprint density at radius 3 is 0.969 bits per heavy atom. The molecule has 1 unspecified atom stereocenters. The van der Waals surface area contributed by atoms with Gasteiger partial charge in [-0.1, -0.05) is 229 Å². The van der Waals surface area contributed by atoms with Gasteiger partial charge in [-0.2, -0.15) is 0 Å². The lowest BCUT2D eigenvalue weighted by Gasteiger charge is -2.18. The first-order chi connectivity index (χ1) is 31.5. The Morgan fingerprint density at radius 1 is 0.312 bits per heavy atom. The van der Waals surface area contributed by atoms with E-state index in [1.807, 2.05) is 0 Å². The molecule has 0 amide bonds. The number of hydrogen-bond acceptors (Lipinski definition) is 6. The Bertz CT molecular complexity index is 1170. The molecule has 0 aliphatic carbocycles. The molecule has 64 heavy (non-hydrogen) atoms. The van der Waals surface area contributed by atoms with Gasteiger partial charge in [0.2, 0.25) is 0 Å². The Labute approximate surface area is 396 Å². The van der Waals surface area contributed by atoms with Gasteiger partial charge in [-0.05, 0) is 83.5 Å². The summed E-state index contributed by atoms with van der Waals surface area (Å²) >= 11 is 0. The summed E-state index contributed by atoms with van der Waals surface area (Å²) in [6.07, 6.45) is 64.8. The van der Waals surface area contributed by atoms with Crippen molar-refractivity contribution in [3.63, 3.8) is 0 Å². The molecule has 0 aliphatic rings. The third kappa shape index (κ3) is 50.1. The van der Waals surface area contributed by atoms with Gasteiger partial charge in [0, 0.05) is 19.3 Å². The van der Waals surface area contributed by atoms with Crippen LogP contribution in [0.15, 0.2) is 60.8 Å². The summed E-state index contributed by atoms with van der Waals surface area (Å²) in [5.74, 6) is -0.901.